The van der Waals surface area contributed by atoms with Crippen LogP contribution in [0.5, 0.6) is 0 Å². The Morgan fingerprint density at radius 1 is 1.28 bits per heavy atom. The number of nitrogens with zero attached hydrogens (tertiary/aromatic N) is 2. The molecule has 0 N–H and O–H groups in total. The van der Waals surface area contributed by atoms with E-state index in [0.29, 0.717) is 5.92 Å². The zero-order valence-corrected chi connectivity index (χ0v) is 12.4. The van der Waals surface area contributed by atoms with Gasteiger partial charge in [-0.15, -0.1) is 0 Å². The monoisotopic (exact) mass is 254 g/mol. The molecule has 106 valence electrons. The largest absolute Gasteiger partial charge is 0.381 e. The van der Waals surface area contributed by atoms with Gasteiger partial charge >= 0.3 is 0 Å². The molecule has 0 amide bonds. The Morgan fingerprint density at radius 3 is 2.89 bits per heavy atom. The average Bonchev–Trinajstić information content (AvgIpc) is 2.75. The Morgan fingerprint density at radius 2 is 2.11 bits per heavy atom. The Balaban J connectivity index is 1.63. The van der Waals surface area contributed by atoms with Gasteiger partial charge in [0.1, 0.15) is 0 Å². The molecule has 2 heterocycles. The molecular weight excluding hydrogens is 224 g/mol. The molecule has 2 atom stereocenters. The predicted molar refractivity (Wildman–Crippen MR) is 75.9 cm³/mol. The van der Waals surface area contributed by atoms with E-state index in [1.807, 2.05) is 0 Å². The summed E-state index contributed by atoms with van der Waals surface area (Å²) in [5.41, 5.74) is 0. The summed E-state index contributed by atoms with van der Waals surface area (Å²) in [7, 11) is 0. The molecule has 0 bridgehead atoms. The third kappa shape index (κ3) is 3.94. The molecule has 3 heteroatoms. The van der Waals surface area contributed by atoms with Crippen LogP contribution in [-0.2, 0) is 4.74 Å². The van der Waals surface area contributed by atoms with E-state index in [1.54, 1.807) is 0 Å². The van der Waals surface area contributed by atoms with E-state index >= 15 is 0 Å². The SMILES string of the molecule is CC(C)COCCCN1CC2CCCN2CC1C. The molecule has 0 aliphatic carbocycles. The summed E-state index contributed by atoms with van der Waals surface area (Å²) in [6, 6.07) is 1.57. The van der Waals surface area contributed by atoms with Gasteiger partial charge in [0.2, 0.25) is 0 Å². The van der Waals surface area contributed by atoms with Crippen molar-refractivity contribution < 1.29 is 4.74 Å². The predicted octanol–water partition coefficient (Wildman–Crippen LogP) is 2.22. The van der Waals surface area contributed by atoms with Crippen molar-refractivity contribution in [2.24, 2.45) is 5.92 Å². The van der Waals surface area contributed by atoms with Gasteiger partial charge in [0.25, 0.3) is 0 Å². The van der Waals surface area contributed by atoms with Gasteiger partial charge in [-0.3, -0.25) is 9.80 Å². The van der Waals surface area contributed by atoms with Crippen LogP contribution < -0.4 is 0 Å². The van der Waals surface area contributed by atoms with Crippen molar-refractivity contribution in [3.63, 3.8) is 0 Å². The molecule has 2 rings (SSSR count). The minimum absolute atomic E-state index is 0.658. The second-order valence-electron chi connectivity index (χ2n) is 6.46. The van der Waals surface area contributed by atoms with Crippen LogP contribution in [0.1, 0.15) is 40.0 Å². The van der Waals surface area contributed by atoms with E-state index < -0.39 is 0 Å². The van der Waals surface area contributed by atoms with E-state index in [4.69, 9.17) is 4.74 Å². The van der Waals surface area contributed by atoms with Crippen LogP contribution >= 0.6 is 0 Å². The summed E-state index contributed by atoms with van der Waals surface area (Å²) in [4.78, 5) is 5.36. The maximum absolute atomic E-state index is 5.67. The van der Waals surface area contributed by atoms with Crippen molar-refractivity contribution in [1.82, 2.24) is 9.80 Å². The van der Waals surface area contributed by atoms with E-state index in [1.165, 1.54) is 45.4 Å². The highest BCUT2D eigenvalue weighted by molar-refractivity contribution is 4.90. The van der Waals surface area contributed by atoms with Gasteiger partial charge in [-0.1, -0.05) is 13.8 Å². The Bertz CT molecular complexity index is 245. The first-order chi connectivity index (χ1) is 8.66. The van der Waals surface area contributed by atoms with Gasteiger partial charge in [-0.2, -0.15) is 0 Å². The summed E-state index contributed by atoms with van der Waals surface area (Å²) >= 11 is 0. The molecule has 0 aromatic heterocycles. The zero-order chi connectivity index (χ0) is 13.0. The Kier molecular flexibility index (Phi) is 5.46. The van der Waals surface area contributed by atoms with Crippen molar-refractivity contribution in [1.29, 1.82) is 0 Å². The van der Waals surface area contributed by atoms with Crippen LogP contribution in [0, 0.1) is 5.92 Å². The molecule has 0 saturated carbocycles. The molecule has 2 aliphatic rings. The smallest absolute Gasteiger partial charge is 0.0489 e. The normalized spacial score (nSPS) is 30.0. The third-order valence-electron chi connectivity index (χ3n) is 4.25. The minimum atomic E-state index is 0.658. The lowest BCUT2D eigenvalue weighted by atomic mass is 10.1. The molecular formula is C15H30N2O. The summed E-state index contributed by atoms with van der Waals surface area (Å²) in [6.45, 7) is 13.7. The number of fused-ring (bicyclic) bond motifs is 1. The van der Waals surface area contributed by atoms with E-state index in [-0.39, 0.29) is 0 Å². The Labute approximate surface area is 112 Å². The van der Waals surface area contributed by atoms with Crippen LogP contribution in [0.3, 0.4) is 0 Å². The van der Waals surface area contributed by atoms with Gasteiger partial charge in [-0.05, 0) is 38.6 Å². The Hall–Kier alpha value is -0.120. The lowest BCUT2D eigenvalue weighted by Crippen LogP contribution is -2.55. The van der Waals surface area contributed by atoms with Crippen molar-refractivity contribution in [3.05, 3.63) is 0 Å². The molecule has 2 fully saturated rings. The van der Waals surface area contributed by atoms with Crippen molar-refractivity contribution in [2.75, 3.05) is 39.4 Å². The number of ether oxygens (including phenoxy) is 1. The second-order valence-corrected chi connectivity index (χ2v) is 6.46. The zero-order valence-electron chi connectivity index (χ0n) is 12.4. The molecule has 0 spiro atoms. The first-order valence-electron chi connectivity index (χ1n) is 7.72. The van der Waals surface area contributed by atoms with Crippen LogP contribution in [0.15, 0.2) is 0 Å². The fourth-order valence-corrected chi connectivity index (χ4v) is 3.25. The molecule has 2 saturated heterocycles. The summed E-state index contributed by atoms with van der Waals surface area (Å²) in [6.07, 6.45) is 4.00. The first-order valence-corrected chi connectivity index (χ1v) is 7.72. The molecule has 0 aromatic rings. The maximum atomic E-state index is 5.67. The summed E-state index contributed by atoms with van der Waals surface area (Å²) in [5, 5.41) is 0. The molecule has 0 aromatic carbocycles. The standard InChI is InChI=1S/C15H30N2O/c1-13(2)12-18-9-5-8-16-11-15-6-4-7-17(15)10-14(16)3/h13-15H,4-12H2,1-3H3. The van der Waals surface area contributed by atoms with Crippen molar-refractivity contribution in [3.8, 4) is 0 Å². The number of hydrogen-bond acceptors (Lipinski definition) is 3. The molecule has 2 aliphatic heterocycles. The minimum Gasteiger partial charge on any atom is -0.381 e. The van der Waals surface area contributed by atoms with Gasteiger partial charge in [0.05, 0.1) is 0 Å². The molecule has 18 heavy (non-hydrogen) atoms. The quantitative estimate of drug-likeness (QED) is 0.676. The van der Waals surface area contributed by atoms with Gasteiger partial charge in [0, 0.05) is 44.9 Å². The number of piperazine rings is 1. The lowest BCUT2D eigenvalue weighted by molar-refractivity contribution is 0.0455. The van der Waals surface area contributed by atoms with Crippen LogP contribution in [0.2, 0.25) is 0 Å². The number of hydrogen-bond donors (Lipinski definition) is 0. The summed E-state index contributed by atoms with van der Waals surface area (Å²) in [5.74, 6) is 0.658. The first kappa shape index (κ1) is 14.3. The van der Waals surface area contributed by atoms with E-state index in [0.717, 1.165) is 25.3 Å². The number of rotatable bonds is 6. The van der Waals surface area contributed by atoms with Crippen LogP contribution in [0.4, 0.5) is 0 Å². The third-order valence-corrected chi connectivity index (χ3v) is 4.25. The fraction of sp³-hybridized carbons (Fsp3) is 1.00. The second kappa shape index (κ2) is 6.88. The molecule has 2 unspecified atom stereocenters. The summed E-state index contributed by atoms with van der Waals surface area (Å²) < 4.78 is 5.67. The van der Waals surface area contributed by atoms with Crippen LogP contribution in [0.25, 0.3) is 0 Å². The van der Waals surface area contributed by atoms with Gasteiger partial charge in [0.15, 0.2) is 0 Å². The highest BCUT2D eigenvalue weighted by Gasteiger charge is 2.33. The van der Waals surface area contributed by atoms with E-state index in [2.05, 4.69) is 30.6 Å². The van der Waals surface area contributed by atoms with Crippen molar-refractivity contribution >= 4 is 0 Å². The topological polar surface area (TPSA) is 15.7 Å². The van der Waals surface area contributed by atoms with Crippen molar-refractivity contribution in [2.45, 2.75) is 52.1 Å². The van der Waals surface area contributed by atoms with Gasteiger partial charge in [-0.25, -0.2) is 0 Å². The van der Waals surface area contributed by atoms with Gasteiger partial charge < -0.3 is 4.74 Å². The molecule has 0 radical (unpaired) electrons. The maximum Gasteiger partial charge on any atom is 0.0489 e. The average molecular weight is 254 g/mol. The van der Waals surface area contributed by atoms with E-state index in [9.17, 15) is 0 Å². The molecule has 3 nitrogen and oxygen atoms in total. The highest BCUT2D eigenvalue weighted by Crippen LogP contribution is 2.24. The fourth-order valence-electron chi connectivity index (χ4n) is 3.25. The lowest BCUT2D eigenvalue weighted by Gasteiger charge is -2.42. The van der Waals surface area contributed by atoms with Crippen LogP contribution in [-0.4, -0.2) is 61.3 Å². The highest BCUT2D eigenvalue weighted by atomic mass is 16.5.